The molecule has 1 aromatic heterocycles. The van der Waals surface area contributed by atoms with Crippen LogP contribution in [0.5, 0.6) is 0 Å². The highest BCUT2D eigenvalue weighted by molar-refractivity contribution is 5.76. The highest BCUT2D eigenvalue weighted by atomic mass is 16.6. The minimum absolute atomic E-state index is 0.00225. The molecule has 0 bridgehead atoms. The normalized spacial score (nSPS) is 19.5. The number of carbonyl (C=O) groups excluding carboxylic acids is 2. The van der Waals surface area contributed by atoms with Gasteiger partial charge >= 0.3 is 6.09 Å². The van der Waals surface area contributed by atoms with Crippen molar-refractivity contribution in [1.82, 2.24) is 24.5 Å². The summed E-state index contributed by atoms with van der Waals surface area (Å²) in [5.74, 6) is 0.984. The van der Waals surface area contributed by atoms with Gasteiger partial charge in [-0.3, -0.25) is 4.79 Å². The molecular formula is C28H49N5O4. The van der Waals surface area contributed by atoms with Crippen LogP contribution in [-0.2, 0) is 20.8 Å². The SMILES string of the molecule is CC(C)CC(=O)N1CCC(c2nn([C@H]3CCCCO3)cc2CN(C)CCN(C)C(=O)OC(C)(C)C)CC1. The Morgan fingerprint density at radius 3 is 2.43 bits per heavy atom. The molecule has 1 atom stereocenters. The van der Waals surface area contributed by atoms with Crippen molar-refractivity contribution in [2.45, 2.75) is 97.4 Å². The third-order valence-corrected chi connectivity index (χ3v) is 7.07. The Morgan fingerprint density at radius 2 is 1.84 bits per heavy atom. The van der Waals surface area contributed by atoms with Crippen molar-refractivity contribution in [3.05, 3.63) is 17.5 Å². The van der Waals surface area contributed by atoms with Gasteiger partial charge in [-0.05, 0) is 65.8 Å². The van der Waals surface area contributed by atoms with Gasteiger partial charge < -0.3 is 24.2 Å². The van der Waals surface area contributed by atoms with Gasteiger partial charge in [0.25, 0.3) is 0 Å². The molecule has 3 heterocycles. The third kappa shape index (κ3) is 8.99. The Bertz CT molecular complexity index is 880. The lowest BCUT2D eigenvalue weighted by Gasteiger charge is -2.32. The molecule has 2 aliphatic rings. The van der Waals surface area contributed by atoms with Gasteiger partial charge in [-0.2, -0.15) is 5.10 Å². The molecule has 9 heteroatoms. The molecule has 0 spiro atoms. The molecule has 0 unspecified atom stereocenters. The lowest BCUT2D eigenvalue weighted by atomic mass is 9.91. The molecule has 0 N–H and O–H groups in total. The van der Waals surface area contributed by atoms with Crippen LogP contribution >= 0.6 is 0 Å². The highest BCUT2D eigenvalue weighted by Gasteiger charge is 2.29. The van der Waals surface area contributed by atoms with Crippen molar-refractivity contribution in [2.24, 2.45) is 5.92 Å². The first-order valence-electron chi connectivity index (χ1n) is 14.0. The fraction of sp³-hybridized carbons (Fsp3) is 0.821. The number of aromatic nitrogens is 2. The molecule has 2 amide bonds. The summed E-state index contributed by atoms with van der Waals surface area (Å²) in [6, 6.07) is 0. The minimum atomic E-state index is -0.503. The summed E-state index contributed by atoms with van der Waals surface area (Å²) >= 11 is 0. The zero-order chi connectivity index (χ0) is 27.2. The number of nitrogens with zero attached hydrogens (tertiary/aromatic N) is 5. The summed E-state index contributed by atoms with van der Waals surface area (Å²) in [6.45, 7) is 14.2. The predicted molar refractivity (Wildman–Crippen MR) is 144 cm³/mol. The van der Waals surface area contributed by atoms with E-state index in [1.165, 1.54) is 5.56 Å². The topological polar surface area (TPSA) is 80.1 Å². The van der Waals surface area contributed by atoms with E-state index < -0.39 is 5.60 Å². The van der Waals surface area contributed by atoms with Crippen LogP contribution in [0.3, 0.4) is 0 Å². The van der Waals surface area contributed by atoms with Crippen LogP contribution in [0.25, 0.3) is 0 Å². The summed E-state index contributed by atoms with van der Waals surface area (Å²) in [5, 5.41) is 5.07. The molecule has 9 nitrogen and oxygen atoms in total. The van der Waals surface area contributed by atoms with Gasteiger partial charge in [0.2, 0.25) is 5.91 Å². The molecule has 3 rings (SSSR count). The number of rotatable bonds is 9. The van der Waals surface area contributed by atoms with Gasteiger partial charge in [0.05, 0.1) is 5.69 Å². The van der Waals surface area contributed by atoms with E-state index in [0.717, 1.165) is 70.6 Å². The van der Waals surface area contributed by atoms with Crippen LogP contribution in [-0.4, -0.2) is 89.0 Å². The number of carbonyl (C=O) groups is 2. The zero-order valence-corrected chi connectivity index (χ0v) is 24.2. The Morgan fingerprint density at radius 1 is 1.14 bits per heavy atom. The van der Waals surface area contributed by atoms with E-state index in [9.17, 15) is 9.59 Å². The Hall–Kier alpha value is -2.13. The van der Waals surface area contributed by atoms with Crippen molar-refractivity contribution in [3.8, 4) is 0 Å². The van der Waals surface area contributed by atoms with E-state index in [4.69, 9.17) is 14.6 Å². The van der Waals surface area contributed by atoms with Gasteiger partial charge in [0, 0.05) is 70.5 Å². The Kier molecular flexibility index (Phi) is 10.4. The van der Waals surface area contributed by atoms with Crippen LogP contribution < -0.4 is 0 Å². The van der Waals surface area contributed by atoms with Gasteiger partial charge in [-0.25, -0.2) is 9.48 Å². The van der Waals surface area contributed by atoms with Crippen LogP contribution in [0.1, 0.15) is 96.5 Å². The van der Waals surface area contributed by atoms with Crippen molar-refractivity contribution in [3.63, 3.8) is 0 Å². The number of likely N-dealkylation sites (tertiary alicyclic amines) is 1. The minimum Gasteiger partial charge on any atom is -0.444 e. The van der Waals surface area contributed by atoms with E-state index in [0.29, 0.717) is 24.8 Å². The zero-order valence-electron chi connectivity index (χ0n) is 24.2. The summed E-state index contributed by atoms with van der Waals surface area (Å²) in [6.07, 6.45) is 7.59. The quantitative estimate of drug-likeness (QED) is 0.473. The van der Waals surface area contributed by atoms with Gasteiger partial charge in [0.1, 0.15) is 11.8 Å². The first kappa shape index (κ1) is 29.4. The maximum atomic E-state index is 12.6. The number of piperidine rings is 1. The number of ether oxygens (including phenoxy) is 2. The second-order valence-electron chi connectivity index (χ2n) is 12.2. The average Bonchev–Trinajstić information content (AvgIpc) is 3.25. The van der Waals surface area contributed by atoms with E-state index in [1.807, 2.05) is 30.4 Å². The average molecular weight is 520 g/mol. The van der Waals surface area contributed by atoms with E-state index in [2.05, 4.69) is 32.0 Å². The van der Waals surface area contributed by atoms with Crippen molar-refractivity contribution >= 4 is 12.0 Å². The molecule has 1 aromatic rings. The first-order valence-corrected chi connectivity index (χ1v) is 14.0. The molecule has 0 radical (unpaired) electrons. The number of hydrogen-bond donors (Lipinski definition) is 0. The number of likely N-dealkylation sites (N-methyl/N-ethyl adjacent to an activating group) is 2. The maximum Gasteiger partial charge on any atom is 0.410 e. The molecule has 210 valence electrons. The molecule has 2 saturated heterocycles. The van der Waals surface area contributed by atoms with Gasteiger partial charge in [-0.1, -0.05) is 13.8 Å². The second-order valence-corrected chi connectivity index (χ2v) is 12.2. The summed E-state index contributed by atoms with van der Waals surface area (Å²) in [4.78, 5) is 30.8. The largest absolute Gasteiger partial charge is 0.444 e. The Labute approximate surface area is 223 Å². The highest BCUT2D eigenvalue weighted by Crippen LogP contribution is 2.32. The standard InChI is InChI=1S/C28H49N5O4/c1-21(2)18-24(34)32-13-11-22(12-14-32)26-23(20-33(29-26)25-10-8-9-17-36-25)19-30(6)15-16-31(7)27(35)37-28(3,4)5/h20-22,25H,8-19H2,1-7H3/t25-/m1/s1. The second kappa shape index (κ2) is 13.1. The van der Waals surface area contributed by atoms with E-state index in [-0.39, 0.29) is 18.2 Å². The first-order chi connectivity index (χ1) is 17.4. The fourth-order valence-corrected chi connectivity index (χ4v) is 4.99. The van der Waals surface area contributed by atoms with Crippen LogP contribution in [0.2, 0.25) is 0 Å². The number of amides is 2. The van der Waals surface area contributed by atoms with Crippen LogP contribution in [0.4, 0.5) is 4.79 Å². The Balaban J connectivity index is 1.65. The van der Waals surface area contributed by atoms with E-state index >= 15 is 0 Å². The molecule has 2 aliphatic heterocycles. The summed E-state index contributed by atoms with van der Waals surface area (Å²) in [5.41, 5.74) is 1.85. The monoisotopic (exact) mass is 519 g/mol. The van der Waals surface area contributed by atoms with Crippen molar-refractivity contribution in [1.29, 1.82) is 0 Å². The number of hydrogen-bond acceptors (Lipinski definition) is 6. The molecule has 0 saturated carbocycles. The maximum absolute atomic E-state index is 12.6. The molecule has 0 aliphatic carbocycles. The smallest absolute Gasteiger partial charge is 0.410 e. The lowest BCUT2D eigenvalue weighted by Crippen LogP contribution is -2.39. The predicted octanol–water partition coefficient (Wildman–Crippen LogP) is 4.63. The van der Waals surface area contributed by atoms with E-state index in [1.54, 1.807) is 11.9 Å². The van der Waals surface area contributed by atoms with Crippen LogP contribution in [0, 0.1) is 5.92 Å². The van der Waals surface area contributed by atoms with Crippen molar-refractivity contribution < 1.29 is 19.1 Å². The summed E-state index contributed by atoms with van der Waals surface area (Å²) < 4.78 is 13.5. The molecule has 0 aromatic carbocycles. The van der Waals surface area contributed by atoms with Gasteiger partial charge in [0.15, 0.2) is 0 Å². The third-order valence-electron chi connectivity index (χ3n) is 7.07. The molecule has 37 heavy (non-hydrogen) atoms. The summed E-state index contributed by atoms with van der Waals surface area (Å²) in [7, 11) is 3.86. The molecular weight excluding hydrogens is 470 g/mol. The van der Waals surface area contributed by atoms with Gasteiger partial charge in [-0.15, -0.1) is 0 Å². The lowest BCUT2D eigenvalue weighted by molar-refractivity contribution is -0.133. The van der Waals surface area contributed by atoms with Crippen LogP contribution in [0.15, 0.2) is 6.20 Å². The molecule has 2 fully saturated rings. The van der Waals surface area contributed by atoms with Crippen molar-refractivity contribution in [2.75, 3.05) is 46.9 Å². The fourth-order valence-electron chi connectivity index (χ4n) is 4.99.